The number of ether oxygens (including phenoxy) is 1. The topological polar surface area (TPSA) is 46.5 Å². The molecule has 1 N–H and O–H groups in total. The summed E-state index contributed by atoms with van der Waals surface area (Å²) in [5.41, 5.74) is 0.833. The summed E-state index contributed by atoms with van der Waals surface area (Å²) < 4.78 is 5.35. The fourth-order valence-corrected chi connectivity index (χ4v) is 1.81. The summed E-state index contributed by atoms with van der Waals surface area (Å²) >= 11 is 0. The van der Waals surface area contributed by atoms with Crippen LogP contribution in [0.2, 0.25) is 0 Å². The van der Waals surface area contributed by atoms with Crippen LogP contribution in [-0.4, -0.2) is 18.2 Å². The first-order valence-electron chi connectivity index (χ1n) is 6.03. The monoisotopic (exact) mass is 250 g/mol. The van der Waals surface area contributed by atoms with Crippen LogP contribution in [0.5, 0.6) is 5.75 Å². The van der Waals surface area contributed by atoms with Crippen molar-refractivity contribution in [3.05, 3.63) is 29.3 Å². The Morgan fingerprint density at radius 3 is 2.11 bits per heavy atom. The molecule has 1 aromatic rings. The number of aliphatic carboxylic acids is 1. The third-order valence-corrected chi connectivity index (χ3v) is 3.26. The van der Waals surface area contributed by atoms with E-state index in [9.17, 15) is 9.90 Å². The second kappa shape index (κ2) is 4.63. The molecule has 0 saturated heterocycles. The van der Waals surface area contributed by atoms with E-state index in [1.165, 1.54) is 0 Å². The van der Waals surface area contributed by atoms with Gasteiger partial charge in [0, 0.05) is 0 Å². The lowest BCUT2D eigenvalue weighted by Gasteiger charge is -2.26. The van der Waals surface area contributed by atoms with Gasteiger partial charge in [0.05, 0.1) is 12.5 Å². The second-order valence-corrected chi connectivity index (χ2v) is 6.10. The first-order chi connectivity index (χ1) is 8.10. The lowest BCUT2D eigenvalue weighted by Crippen LogP contribution is -2.29. The minimum Gasteiger partial charge on any atom is -0.496 e. The molecular weight excluding hydrogens is 228 g/mol. The maximum Gasteiger partial charge on any atom is 0.313 e. The molecule has 0 amide bonds. The van der Waals surface area contributed by atoms with E-state index in [-0.39, 0.29) is 5.41 Å². The smallest absolute Gasteiger partial charge is 0.313 e. The largest absolute Gasteiger partial charge is 0.496 e. The van der Waals surface area contributed by atoms with E-state index < -0.39 is 11.4 Å². The quantitative estimate of drug-likeness (QED) is 0.894. The van der Waals surface area contributed by atoms with E-state index in [1.54, 1.807) is 21.0 Å². The fourth-order valence-electron chi connectivity index (χ4n) is 1.81. The molecule has 100 valence electrons. The zero-order valence-corrected chi connectivity index (χ0v) is 12.0. The van der Waals surface area contributed by atoms with Gasteiger partial charge in [-0.25, -0.2) is 0 Å². The van der Waals surface area contributed by atoms with E-state index in [0.717, 1.165) is 16.9 Å². The summed E-state index contributed by atoms with van der Waals surface area (Å²) in [6, 6.07) is 5.61. The Labute approximate surface area is 109 Å². The van der Waals surface area contributed by atoms with E-state index >= 15 is 0 Å². The second-order valence-electron chi connectivity index (χ2n) is 6.10. The molecule has 3 nitrogen and oxygen atoms in total. The van der Waals surface area contributed by atoms with Crippen molar-refractivity contribution < 1.29 is 14.6 Å². The molecule has 0 aliphatic rings. The van der Waals surface area contributed by atoms with Crippen molar-refractivity contribution in [3.8, 4) is 5.75 Å². The molecule has 0 spiro atoms. The van der Waals surface area contributed by atoms with Crippen molar-refractivity contribution >= 4 is 5.97 Å². The van der Waals surface area contributed by atoms with Crippen molar-refractivity contribution in [3.63, 3.8) is 0 Å². The molecule has 0 heterocycles. The van der Waals surface area contributed by atoms with E-state index in [1.807, 2.05) is 18.2 Å². The highest BCUT2D eigenvalue weighted by molar-refractivity contribution is 5.80. The van der Waals surface area contributed by atoms with Crippen LogP contribution in [0.15, 0.2) is 18.2 Å². The van der Waals surface area contributed by atoms with Gasteiger partial charge in [-0.2, -0.15) is 0 Å². The molecule has 0 aliphatic carbocycles. The highest BCUT2D eigenvalue weighted by Gasteiger charge is 2.31. The van der Waals surface area contributed by atoms with Crippen molar-refractivity contribution in [2.45, 2.75) is 45.4 Å². The number of methoxy groups -OCH3 is 1. The first-order valence-corrected chi connectivity index (χ1v) is 6.03. The van der Waals surface area contributed by atoms with Gasteiger partial charge in [0.15, 0.2) is 0 Å². The number of hydrogen-bond acceptors (Lipinski definition) is 2. The van der Waals surface area contributed by atoms with E-state index in [0.29, 0.717) is 0 Å². The van der Waals surface area contributed by atoms with Gasteiger partial charge in [-0.05, 0) is 36.5 Å². The van der Waals surface area contributed by atoms with Crippen molar-refractivity contribution in [2.75, 3.05) is 7.11 Å². The van der Waals surface area contributed by atoms with Gasteiger partial charge >= 0.3 is 5.97 Å². The summed E-state index contributed by atoms with van der Waals surface area (Å²) in [5, 5.41) is 9.28. The predicted molar refractivity (Wildman–Crippen MR) is 72.4 cm³/mol. The third kappa shape index (κ3) is 2.66. The SMILES string of the molecule is COc1ccc(C(C)(C)C(=O)O)cc1C(C)(C)C. The van der Waals surface area contributed by atoms with Gasteiger partial charge in [0.2, 0.25) is 0 Å². The molecule has 1 aromatic carbocycles. The van der Waals surface area contributed by atoms with Gasteiger partial charge in [-0.1, -0.05) is 32.9 Å². The van der Waals surface area contributed by atoms with Crippen LogP contribution in [0.25, 0.3) is 0 Å². The van der Waals surface area contributed by atoms with Gasteiger partial charge in [-0.3, -0.25) is 4.79 Å². The molecule has 0 atom stereocenters. The van der Waals surface area contributed by atoms with Gasteiger partial charge in [0.25, 0.3) is 0 Å². The highest BCUT2D eigenvalue weighted by atomic mass is 16.5. The minimum absolute atomic E-state index is 0.0874. The summed E-state index contributed by atoms with van der Waals surface area (Å²) in [6.07, 6.45) is 0. The number of rotatable bonds is 3. The molecule has 1 rings (SSSR count). The van der Waals surface area contributed by atoms with Crippen LogP contribution in [0, 0.1) is 0 Å². The maximum atomic E-state index is 11.3. The normalized spacial score (nSPS) is 12.3. The molecule has 0 radical (unpaired) electrons. The third-order valence-electron chi connectivity index (χ3n) is 3.26. The van der Waals surface area contributed by atoms with Crippen LogP contribution < -0.4 is 4.74 Å². The Morgan fingerprint density at radius 2 is 1.72 bits per heavy atom. The zero-order valence-electron chi connectivity index (χ0n) is 12.0. The molecule has 18 heavy (non-hydrogen) atoms. The lowest BCUT2D eigenvalue weighted by atomic mass is 9.79. The Bertz CT molecular complexity index is 453. The Kier molecular flexibility index (Phi) is 3.75. The summed E-state index contributed by atoms with van der Waals surface area (Å²) in [5.74, 6) is -0.0278. The number of hydrogen-bond donors (Lipinski definition) is 1. The van der Waals surface area contributed by atoms with Crippen LogP contribution in [0.1, 0.15) is 45.7 Å². The summed E-state index contributed by atoms with van der Waals surface area (Å²) in [6.45, 7) is 9.68. The van der Waals surface area contributed by atoms with E-state index in [4.69, 9.17) is 4.74 Å². The van der Waals surface area contributed by atoms with Crippen LogP contribution in [0.4, 0.5) is 0 Å². The molecule has 0 unspecified atom stereocenters. The van der Waals surface area contributed by atoms with Crippen LogP contribution in [-0.2, 0) is 15.6 Å². The molecule has 0 aliphatic heterocycles. The first kappa shape index (κ1) is 14.6. The average Bonchev–Trinajstić information content (AvgIpc) is 2.26. The van der Waals surface area contributed by atoms with Gasteiger partial charge in [-0.15, -0.1) is 0 Å². The van der Waals surface area contributed by atoms with Crippen LogP contribution in [0.3, 0.4) is 0 Å². The van der Waals surface area contributed by atoms with Crippen LogP contribution >= 0.6 is 0 Å². The van der Waals surface area contributed by atoms with E-state index in [2.05, 4.69) is 20.8 Å². The van der Waals surface area contributed by atoms with Gasteiger partial charge < -0.3 is 9.84 Å². The predicted octanol–water partition coefficient (Wildman–Crippen LogP) is 3.35. The maximum absolute atomic E-state index is 11.3. The number of carbonyl (C=O) groups is 1. The Morgan fingerprint density at radius 1 is 1.17 bits per heavy atom. The van der Waals surface area contributed by atoms with Gasteiger partial charge in [0.1, 0.15) is 5.75 Å². The zero-order chi connectivity index (χ0) is 14.1. The molecular formula is C15H22O3. The minimum atomic E-state index is -0.897. The Balaban J connectivity index is 3.41. The number of carboxylic acids is 1. The molecule has 0 bridgehead atoms. The highest BCUT2D eigenvalue weighted by Crippen LogP contribution is 2.35. The van der Waals surface area contributed by atoms with Crippen molar-refractivity contribution in [1.82, 2.24) is 0 Å². The van der Waals surface area contributed by atoms with Crippen molar-refractivity contribution in [2.24, 2.45) is 0 Å². The fraction of sp³-hybridized carbons (Fsp3) is 0.533. The molecule has 0 aromatic heterocycles. The summed E-state index contributed by atoms with van der Waals surface area (Å²) in [7, 11) is 1.63. The Hall–Kier alpha value is -1.51. The number of carboxylic acid groups (broad SMARTS) is 1. The standard InChI is InChI=1S/C15H22O3/c1-14(2,3)11-9-10(7-8-12(11)18-6)15(4,5)13(16)17/h7-9H,1-6H3,(H,16,17). The molecule has 3 heteroatoms. The van der Waals surface area contributed by atoms with Crippen molar-refractivity contribution in [1.29, 1.82) is 0 Å². The number of benzene rings is 1. The summed E-state index contributed by atoms with van der Waals surface area (Å²) in [4.78, 5) is 11.3. The molecule has 0 saturated carbocycles. The molecule has 0 fully saturated rings. The lowest BCUT2D eigenvalue weighted by molar-refractivity contribution is -0.142. The average molecular weight is 250 g/mol.